The fourth-order valence-corrected chi connectivity index (χ4v) is 7.55. The Balaban J connectivity index is 1.66. The van der Waals surface area contributed by atoms with E-state index in [0.717, 1.165) is 6.42 Å². The van der Waals surface area contributed by atoms with Gasteiger partial charge in [-0.15, -0.1) is 0 Å². The fraction of sp³-hybridized carbons (Fsp3) is 0.625. The zero-order valence-electron chi connectivity index (χ0n) is 25.1. The van der Waals surface area contributed by atoms with Crippen LogP contribution in [0.15, 0.2) is 47.6 Å². The Bertz CT molecular complexity index is 1280. The average molecular weight is 554 g/mol. The lowest BCUT2D eigenvalue weighted by Gasteiger charge is -2.52. The second-order valence-corrected chi connectivity index (χ2v) is 13.2. The number of aliphatic hydroxyl groups is 1. The molecule has 40 heavy (non-hydrogen) atoms. The van der Waals surface area contributed by atoms with E-state index in [0.29, 0.717) is 22.6 Å². The van der Waals surface area contributed by atoms with Crippen molar-refractivity contribution in [2.75, 3.05) is 25.7 Å². The van der Waals surface area contributed by atoms with E-state index in [1.54, 1.807) is 39.1 Å². The van der Waals surface area contributed by atoms with Gasteiger partial charge in [-0.25, -0.2) is 4.79 Å². The fourth-order valence-electron chi connectivity index (χ4n) is 7.55. The van der Waals surface area contributed by atoms with Crippen molar-refractivity contribution in [3.05, 3.63) is 47.6 Å². The molecular formula is C32H43NO7. The van der Waals surface area contributed by atoms with Crippen LogP contribution in [0.5, 0.6) is 5.75 Å². The van der Waals surface area contributed by atoms with E-state index >= 15 is 0 Å². The first kappa shape index (κ1) is 28.8. The Labute approximate surface area is 237 Å². The minimum Gasteiger partial charge on any atom is -0.495 e. The molecule has 5 rings (SSSR count). The molecule has 1 N–H and O–H groups in total. The molecular weight excluding hydrogens is 510 g/mol. The molecule has 0 radical (unpaired) electrons. The minimum absolute atomic E-state index is 0.0591. The molecule has 0 aromatic heterocycles. The molecule has 3 aliphatic carbocycles. The van der Waals surface area contributed by atoms with Gasteiger partial charge in [0.15, 0.2) is 23.3 Å². The third-order valence-electron chi connectivity index (χ3n) is 10.2. The van der Waals surface area contributed by atoms with E-state index in [4.69, 9.17) is 18.9 Å². The highest BCUT2D eigenvalue weighted by molar-refractivity contribution is 5.96. The maximum Gasteiger partial charge on any atom is 0.414 e. The van der Waals surface area contributed by atoms with Gasteiger partial charge in [0.1, 0.15) is 11.9 Å². The third-order valence-corrected chi connectivity index (χ3v) is 10.2. The number of carbonyl (C=O) groups is 2. The summed E-state index contributed by atoms with van der Waals surface area (Å²) in [6.07, 6.45) is 1.86. The van der Waals surface area contributed by atoms with Crippen molar-refractivity contribution in [3.63, 3.8) is 0 Å². The van der Waals surface area contributed by atoms with Crippen LogP contribution >= 0.6 is 0 Å². The summed E-state index contributed by atoms with van der Waals surface area (Å²) in [6, 6.07) is 7.15. The summed E-state index contributed by atoms with van der Waals surface area (Å²) in [6.45, 7) is 14.1. The van der Waals surface area contributed by atoms with Gasteiger partial charge < -0.3 is 24.1 Å². The number of anilines is 1. The van der Waals surface area contributed by atoms with E-state index in [1.807, 2.05) is 32.1 Å². The highest BCUT2D eigenvalue weighted by atomic mass is 16.7. The number of nitrogens with zero attached hydrogens (tertiary/aromatic N) is 1. The Morgan fingerprint density at radius 3 is 2.48 bits per heavy atom. The summed E-state index contributed by atoms with van der Waals surface area (Å²) >= 11 is 0. The summed E-state index contributed by atoms with van der Waals surface area (Å²) in [5.41, 5.74) is -1.72. The molecule has 8 heteroatoms. The number of allylic oxidation sites excluding steroid dienone is 1. The van der Waals surface area contributed by atoms with Crippen molar-refractivity contribution < 1.29 is 33.6 Å². The molecule has 1 aromatic rings. The van der Waals surface area contributed by atoms with Gasteiger partial charge >= 0.3 is 6.09 Å². The molecule has 1 heterocycles. The summed E-state index contributed by atoms with van der Waals surface area (Å²) in [5.74, 6) is -1.07. The molecule has 1 saturated heterocycles. The van der Waals surface area contributed by atoms with Gasteiger partial charge in [0, 0.05) is 13.0 Å². The summed E-state index contributed by atoms with van der Waals surface area (Å²) in [7, 11) is 3.13. The van der Waals surface area contributed by atoms with Gasteiger partial charge in [-0.3, -0.25) is 9.69 Å². The van der Waals surface area contributed by atoms with Crippen LogP contribution in [0.1, 0.15) is 54.9 Å². The normalized spacial score (nSPS) is 37.6. The van der Waals surface area contributed by atoms with Crippen LogP contribution in [-0.4, -0.2) is 61.3 Å². The van der Waals surface area contributed by atoms with Crippen LogP contribution in [0.3, 0.4) is 0 Å². The van der Waals surface area contributed by atoms with Gasteiger partial charge in [0.25, 0.3) is 0 Å². The number of benzene rings is 1. The van der Waals surface area contributed by atoms with E-state index < -0.39 is 41.0 Å². The van der Waals surface area contributed by atoms with Gasteiger partial charge in [0.05, 0.1) is 24.8 Å². The summed E-state index contributed by atoms with van der Waals surface area (Å²) in [5, 5.41) is 13.2. The molecule has 1 amide bonds. The molecule has 8 nitrogen and oxygen atoms in total. The van der Waals surface area contributed by atoms with E-state index in [1.165, 1.54) is 12.0 Å². The molecule has 1 aromatic carbocycles. The summed E-state index contributed by atoms with van der Waals surface area (Å²) < 4.78 is 24.2. The van der Waals surface area contributed by atoms with Crippen LogP contribution in [0, 0.1) is 28.6 Å². The maximum atomic E-state index is 14.8. The van der Waals surface area contributed by atoms with Crippen molar-refractivity contribution in [2.45, 2.75) is 78.5 Å². The molecule has 4 aliphatic rings. The van der Waals surface area contributed by atoms with Gasteiger partial charge in [-0.2, -0.15) is 0 Å². The molecule has 2 unspecified atom stereocenters. The number of ether oxygens (including phenoxy) is 4. The number of hydrogen-bond donors (Lipinski definition) is 1. The highest BCUT2D eigenvalue weighted by Gasteiger charge is 2.74. The van der Waals surface area contributed by atoms with Crippen molar-refractivity contribution in [2.24, 2.45) is 28.6 Å². The number of amides is 1. The standard InChI is InChI=1S/C32H43NO7/c1-18-16-31-20(3)14-19(2)29(4,5)22(25(31)34)15-21-17-38-30(6,7)40-27(21)32(31,36)26(18)39-28(35)33(8)23-12-10-11-13-24(23)37-9/h10-13,15-16,19-20,22,26-27,36H,14,17H2,1-9H3/t19-,20?,22+,26-,27+,31?,32+/m0/s1. The number of fused-ring (bicyclic) bond motifs is 3. The Morgan fingerprint density at radius 1 is 1.12 bits per heavy atom. The first-order valence-corrected chi connectivity index (χ1v) is 14.2. The lowest BCUT2D eigenvalue weighted by atomic mass is 9.59. The van der Waals surface area contributed by atoms with Crippen LogP contribution in [0.2, 0.25) is 0 Å². The van der Waals surface area contributed by atoms with Crippen molar-refractivity contribution in [3.8, 4) is 5.75 Å². The van der Waals surface area contributed by atoms with Crippen molar-refractivity contribution >= 4 is 17.6 Å². The van der Waals surface area contributed by atoms with Crippen LogP contribution in [0.4, 0.5) is 10.5 Å². The molecule has 7 atom stereocenters. The minimum atomic E-state index is -1.88. The zero-order valence-corrected chi connectivity index (χ0v) is 25.1. The predicted molar refractivity (Wildman–Crippen MR) is 151 cm³/mol. The number of carbonyl (C=O) groups excluding carboxylic acids is 2. The second kappa shape index (κ2) is 9.43. The number of Topliss-reactive ketones (excluding diaryl/α,β-unsaturated/α-hetero) is 1. The molecule has 218 valence electrons. The van der Waals surface area contributed by atoms with E-state index in [2.05, 4.69) is 20.8 Å². The van der Waals surface area contributed by atoms with Crippen LogP contribution in [-0.2, 0) is 19.0 Å². The number of methoxy groups -OCH3 is 1. The summed E-state index contributed by atoms with van der Waals surface area (Å²) in [4.78, 5) is 29.9. The second-order valence-electron chi connectivity index (χ2n) is 13.2. The third kappa shape index (κ3) is 3.90. The number of ketones is 1. The number of rotatable bonds is 3. The Kier molecular flexibility index (Phi) is 6.80. The van der Waals surface area contributed by atoms with Gasteiger partial charge in [0.2, 0.25) is 0 Å². The first-order valence-electron chi connectivity index (χ1n) is 14.2. The highest BCUT2D eigenvalue weighted by Crippen LogP contribution is 2.64. The predicted octanol–water partition coefficient (Wildman–Crippen LogP) is 5.29. The number of para-hydroxylation sites is 2. The smallest absolute Gasteiger partial charge is 0.414 e. The Morgan fingerprint density at radius 2 is 1.80 bits per heavy atom. The van der Waals surface area contributed by atoms with Gasteiger partial charge in [-0.1, -0.05) is 52.0 Å². The lowest BCUT2D eigenvalue weighted by Crippen LogP contribution is -2.68. The zero-order chi connectivity index (χ0) is 29.4. The molecule has 1 saturated carbocycles. The Hall–Kier alpha value is -2.68. The largest absolute Gasteiger partial charge is 0.495 e. The quantitative estimate of drug-likeness (QED) is 0.508. The van der Waals surface area contributed by atoms with Gasteiger partial charge in [-0.05, 0) is 67.7 Å². The monoisotopic (exact) mass is 553 g/mol. The van der Waals surface area contributed by atoms with E-state index in [-0.39, 0.29) is 29.6 Å². The molecule has 2 bridgehead atoms. The topological polar surface area (TPSA) is 94.5 Å². The van der Waals surface area contributed by atoms with E-state index in [9.17, 15) is 14.7 Å². The molecule has 2 fully saturated rings. The molecule has 1 spiro atoms. The van der Waals surface area contributed by atoms with Crippen molar-refractivity contribution in [1.29, 1.82) is 0 Å². The number of hydrogen-bond acceptors (Lipinski definition) is 7. The lowest BCUT2D eigenvalue weighted by molar-refractivity contribution is -0.302. The SMILES string of the molecule is COc1ccccc1N(C)C(=O)O[C@H]1C(C)=CC23C(=O)[C@@H](C=C4COC(C)(C)O[C@H]4[C@]12O)C(C)(C)[C@@H](C)CC3C. The molecule has 1 aliphatic heterocycles. The first-order chi connectivity index (χ1) is 18.6. The van der Waals surface area contributed by atoms with Crippen LogP contribution < -0.4 is 9.64 Å². The average Bonchev–Trinajstić information content (AvgIpc) is 3.06. The van der Waals surface area contributed by atoms with Crippen molar-refractivity contribution in [1.82, 2.24) is 0 Å². The van der Waals surface area contributed by atoms with Crippen LogP contribution in [0.25, 0.3) is 0 Å². The maximum absolute atomic E-state index is 14.8.